The Hall–Kier alpha value is -2.64. The number of aromatic nitrogens is 2. The molecule has 2 aromatic heterocycles. The van der Waals surface area contributed by atoms with E-state index >= 15 is 0 Å². The van der Waals surface area contributed by atoms with E-state index in [1.54, 1.807) is 6.07 Å². The minimum absolute atomic E-state index is 0.0169. The molecule has 0 saturated carbocycles. The van der Waals surface area contributed by atoms with Gasteiger partial charge in [-0.15, -0.1) is 5.10 Å². The van der Waals surface area contributed by atoms with E-state index in [1.165, 1.54) is 6.21 Å². The second kappa shape index (κ2) is 4.47. The second-order valence-electron chi connectivity index (χ2n) is 3.18. The van der Waals surface area contributed by atoms with Crippen molar-refractivity contribution in [2.75, 3.05) is 5.73 Å². The molecule has 2 aromatic rings. The molecule has 0 aromatic carbocycles. The second-order valence-corrected chi connectivity index (χ2v) is 3.18. The number of aryl methyl sites for hydroxylation is 1. The number of hydrogen-bond donors (Lipinski definition) is 2. The number of nitrogens with zero attached hydrogens (tertiary/aromatic N) is 4. The van der Waals surface area contributed by atoms with Crippen molar-refractivity contribution in [3.8, 4) is 0 Å². The molecule has 0 radical (unpaired) electrons. The van der Waals surface area contributed by atoms with Gasteiger partial charge < -0.3 is 15.9 Å². The lowest BCUT2D eigenvalue weighted by Gasteiger charge is -1.90. The lowest BCUT2D eigenvalue weighted by molar-refractivity contribution is 0.308. The van der Waals surface area contributed by atoms with Gasteiger partial charge in [0.2, 0.25) is 0 Å². The summed E-state index contributed by atoms with van der Waals surface area (Å²) in [5.41, 5.74) is 11.2. The first-order valence-corrected chi connectivity index (χ1v) is 4.68. The number of furan rings is 1. The Morgan fingerprint density at radius 1 is 1.41 bits per heavy atom. The molecule has 8 nitrogen and oxygen atoms in total. The van der Waals surface area contributed by atoms with E-state index in [4.69, 9.17) is 15.9 Å². The summed E-state index contributed by atoms with van der Waals surface area (Å²) in [6, 6.07) is 3.57. The largest absolute Gasteiger partial charge is 0.460 e. The smallest absolute Gasteiger partial charge is 0.199 e. The predicted molar refractivity (Wildman–Crippen MR) is 60.5 cm³/mol. The van der Waals surface area contributed by atoms with Crippen LogP contribution in [0, 0.1) is 6.92 Å². The summed E-state index contributed by atoms with van der Waals surface area (Å²) < 4.78 is 9.63. The molecule has 88 valence electrons. The summed E-state index contributed by atoms with van der Waals surface area (Å²) in [6.07, 6.45) is 1.42. The third-order valence-corrected chi connectivity index (χ3v) is 1.87. The third kappa shape index (κ3) is 2.48. The summed E-state index contributed by atoms with van der Waals surface area (Å²) in [7, 11) is 0. The fourth-order valence-corrected chi connectivity index (χ4v) is 1.09. The Labute approximate surface area is 96.0 Å². The van der Waals surface area contributed by atoms with Crippen molar-refractivity contribution < 1.29 is 9.05 Å². The van der Waals surface area contributed by atoms with Crippen LogP contribution < -0.4 is 11.5 Å². The molecule has 0 aliphatic rings. The molecule has 0 aliphatic heterocycles. The minimum Gasteiger partial charge on any atom is -0.460 e. The first-order chi connectivity index (χ1) is 8.16. The van der Waals surface area contributed by atoms with Crippen molar-refractivity contribution >= 4 is 17.9 Å². The number of anilines is 1. The fraction of sp³-hybridized carbons (Fsp3) is 0.111. The Morgan fingerprint density at radius 2 is 2.24 bits per heavy atom. The van der Waals surface area contributed by atoms with Crippen molar-refractivity contribution in [3.63, 3.8) is 0 Å². The molecule has 0 bridgehead atoms. The summed E-state index contributed by atoms with van der Waals surface area (Å²) >= 11 is 0. The standard InChI is InChI=1S/C9H10N6O2/c1-5-2-3-6(16-5)4-12-13-8(10)7-9(11)15-17-14-7/h2-4H,1H3,(H2,10,13)(H2,11,15)/b12-4+. The van der Waals surface area contributed by atoms with Gasteiger partial charge in [0, 0.05) is 0 Å². The predicted octanol–water partition coefficient (Wildman–Crippen LogP) is 0.293. The Balaban J connectivity index is 2.11. The van der Waals surface area contributed by atoms with Gasteiger partial charge in [-0.2, -0.15) is 5.10 Å². The molecule has 0 fully saturated rings. The zero-order valence-electron chi connectivity index (χ0n) is 8.99. The van der Waals surface area contributed by atoms with Gasteiger partial charge in [-0.3, -0.25) is 0 Å². The van der Waals surface area contributed by atoms with Crippen LogP contribution in [0.25, 0.3) is 0 Å². The van der Waals surface area contributed by atoms with Crippen LogP contribution in [0.5, 0.6) is 0 Å². The molecular formula is C9H10N6O2. The molecule has 0 saturated heterocycles. The van der Waals surface area contributed by atoms with Gasteiger partial charge in [0.05, 0.1) is 6.21 Å². The molecule has 0 atom stereocenters. The van der Waals surface area contributed by atoms with Crippen LogP contribution in [0.2, 0.25) is 0 Å². The highest BCUT2D eigenvalue weighted by atomic mass is 16.6. The van der Waals surface area contributed by atoms with E-state index in [9.17, 15) is 0 Å². The first-order valence-electron chi connectivity index (χ1n) is 4.68. The zero-order valence-corrected chi connectivity index (χ0v) is 8.99. The van der Waals surface area contributed by atoms with Gasteiger partial charge in [0.25, 0.3) is 0 Å². The van der Waals surface area contributed by atoms with Gasteiger partial charge in [-0.05, 0) is 29.4 Å². The molecule has 0 amide bonds. The molecule has 17 heavy (non-hydrogen) atoms. The van der Waals surface area contributed by atoms with E-state index in [1.807, 2.05) is 13.0 Å². The number of nitrogens with two attached hydrogens (primary N) is 2. The number of rotatable bonds is 3. The van der Waals surface area contributed by atoms with Gasteiger partial charge in [-0.1, -0.05) is 0 Å². The van der Waals surface area contributed by atoms with Crippen molar-refractivity contribution in [3.05, 3.63) is 29.3 Å². The quantitative estimate of drug-likeness (QED) is 0.446. The normalized spacial score (nSPS) is 12.4. The highest BCUT2D eigenvalue weighted by Crippen LogP contribution is 2.04. The van der Waals surface area contributed by atoms with E-state index in [0.29, 0.717) is 5.76 Å². The Kier molecular flexibility index (Phi) is 2.86. The zero-order chi connectivity index (χ0) is 12.3. The lowest BCUT2D eigenvalue weighted by atomic mass is 10.4. The van der Waals surface area contributed by atoms with Crippen LogP contribution in [0.4, 0.5) is 5.82 Å². The lowest BCUT2D eigenvalue weighted by Crippen LogP contribution is -2.15. The van der Waals surface area contributed by atoms with Crippen LogP contribution in [0.1, 0.15) is 17.2 Å². The van der Waals surface area contributed by atoms with Crippen LogP contribution in [-0.2, 0) is 0 Å². The Morgan fingerprint density at radius 3 is 2.82 bits per heavy atom. The summed E-state index contributed by atoms with van der Waals surface area (Å²) in [5.74, 6) is 1.44. The van der Waals surface area contributed by atoms with Gasteiger partial charge in [0.15, 0.2) is 17.3 Å². The van der Waals surface area contributed by atoms with Gasteiger partial charge >= 0.3 is 0 Å². The molecule has 4 N–H and O–H groups in total. The highest BCUT2D eigenvalue weighted by Gasteiger charge is 2.09. The topological polar surface area (TPSA) is 129 Å². The van der Waals surface area contributed by atoms with Crippen molar-refractivity contribution in [1.29, 1.82) is 0 Å². The van der Waals surface area contributed by atoms with Crippen LogP contribution in [-0.4, -0.2) is 22.4 Å². The average molecular weight is 234 g/mol. The minimum atomic E-state index is 0.0169. The van der Waals surface area contributed by atoms with Crippen molar-refractivity contribution in [2.24, 2.45) is 15.9 Å². The fourth-order valence-electron chi connectivity index (χ4n) is 1.09. The van der Waals surface area contributed by atoms with Gasteiger partial charge in [0.1, 0.15) is 11.5 Å². The van der Waals surface area contributed by atoms with Gasteiger partial charge in [-0.25, -0.2) is 4.63 Å². The Bertz CT molecular complexity index is 568. The maximum Gasteiger partial charge on any atom is 0.199 e. The summed E-state index contributed by atoms with van der Waals surface area (Å²) in [6.45, 7) is 1.83. The molecule has 2 heterocycles. The van der Waals surface area contributed by atoms with E-state index in [2.05, 4.69) is 25.1 Å². The highest BCUT2D eigenvalue weighted by molar-refractivity contribution is 5.99. The molecule has 0 spiro atoms. The molecular weight excluding hydrogens is 224 g/mol. The molecule has 8 heteroatoms. The number of amidine groups is 1. The summed E-state index contributed by atoms with van der Waals surface area (Å²) in [4.78, 5) is 0. The van der Waals surface area contributed by atoms with Crippen molar-refractivity contribution in [1.82, 2.24) is 10.3 Å². The van der Waals surface area contributed by atoms with E-state index < -0.39 is 0 Å². The van der Waals surface area contributed by atoms with Crippen LogP contribution in [0.3, 0.4) is 0 Å². The average Bonchev–Trinajstić information content (AvgIpc) is 2.87. The molecule has 2 rings (SSSR count). The van der Waals surface area contributed by atoms with E-state index in [0.717, 1.165) is 5.76 Å². The number of hydrogen-bond acceptors (Lipinski definition) is 7. The van der Waals surface area contributed by atoms with Crippen LogP contribution >= 0.6 is 0 Å². The van der Waals surface area contributed by atoms with Crippen LogP contribution in [0.15, 0.2) is 31.4 Å². The SMILES string of the molecule is Cc1ccc(/C=N/N=C(\N)c2nonc2N)o1. The maximum atomic E-state index is 5.57. The van der Waals surface area contributed by atoms with Crippen molar-refractivity contribution in [2.45, 2.75) is 6.92 Å². The molecule has 0 unspecified atom stereocenters. The van der Waals surface area contributed by atoms with E-state index in [-0.39, 0.29) is 17.3 Å². The monoisotopic (exact) mass is 234 g/mol. The first kappa shape index (κ1) is 10.9. The third-order valence-electron chi connectivity index (χ3n) is 1.87. The maximum absolute atomic E-state index is 5.57. The summed E-state index contributed by atoms with van der Waals surface area (Å²) in [5, 5.41) is 14.3. The number of nitrogen functional groups attached to an aromatic ring is 1. The molecule has 0 aliphatic carbocycles.